The molecule has 0 saturated heterocycles. The molecule has 3 N–H and O–H groups in total. The number of nitrogens with one attached hydrogen (secondary N) is 2. The van der Waals surface area contributed by atoms with E-state index < -0.39 is 23.6 Å². The fourth-order valence-electron chi connectivity index (χ4n) is 2.26. The summed E-state index contributed by atoms with van der Waals surface area (Å²) in [7, 11) is 0. The Morgan fingerprint density at radius 2 is 2.20 bits per heavy atom. The quantitative estimate of drug-likeness (QED) is 0.579. The van der Waals surface area contributed by atoms with Crippen LogP contribution in [0.1, 0.15) is 25.5 Å². The molecule has 25 heavy (non-hydrogen) atoms. The minimum absolute atomic E-state index is 0.243. The fourth-order valence-corrected chi connectivity index (χ4v) is 2.26. The number of carbonyl (C=O) groups is 1. The summed E-state index contributed by atoms with van der Waals surface area (Å²) in [5, 5.41) is 15.4. The second kappa shape index (κ2) is 8.34. The predicted octanol–water partition coefficient (Wildman–Crippen LogP) is 2.48. The molecule has 1 amide bonds. The molecule has 1 atom stereocenters. The zero-order chi connectivity index (χ0) is 18.4. The highest BCUT2D eigenvalue weighted by Gasteiger charge is 2.21. The van der Waals surface area contributed by atoms with Crippen molar-refractivity contribution in [3.63, 3.8) is 0 Å². The number of amidine groups is 1. The Morgan fingerprint density at radius 3 is 2.80 bits per heavy atom. The number of benzene rings is 1. The van der Waals surface area contributed by atoms with Crippen molar-refractivity contribution in [3.05, 3.63) is 71.1 Å². The minimum atomic E-state index is -1.77. The van der Waals surface area contributed by atoms with Gasteiger partial charge in [0, 0.05) is 18.2 Å². The summed E-state index contributed by atoms with van der Waals surface area (Å²) < 4.78 is 26.6. The fraction of sp³-hybridized carbons (Fsp3) is 0.222. The largest absolute Gasteiger partial charge is 0.387 e. The van der Waals surface area contributed by atoms with Gasteiger partial charge in [0.15, 0.2) is 6.10 Å². The molecule has 7 heteroatoms. The third-order valence-electron chi connectivity index (χ3n) is 3.49. The normalized spacial score (nSPS) is 16.1. The van der Waals surface area contributed by atoms with Crippen molar-refractivity contribution in [1.29, 1.82) is 0 Å². The van der Waals surface area contributed by atoms with E-state index in [2.05, 4.69) is 15.6 Å². The first-order valence-electron chi connectivity index (χ1n) is 7.68. The predicted molar refractivity (Wildman–Crippen MR) is 91.6 cm³/mol. The first-order valence-corrected chi connectivity index (χ1v) is 7.68. The van der Waals surface area contributed by atoms with E-state index in [0.717, 1.165) is 17.7 Å². The van der Waals surface area contributed by atoms with Crippen molar-refractivity contribution < 1.29 is 18.7 Å². The maximum atomic E-state index is 13.7. The van der Waals surface area contributed by atoms with Gasteiger partial charge in [0.2, 0.25) is 0 Å². The number of amides is 1. The Bertz CT molecular complexity index is 783. The van der Waals surface area contributed by atoms with E-state index in [0.29, 0.717) is 18.3 Å². The average Bonchev–Trinajstić information content (AvgIpc) is 2.59. The van der Waals surface area contributed by atoms with Gasteiger partial charge in [-0.2, -0.15) is 0 Å². The van der Waals surface area contributed by atoms with E-state index in [1.165, 1.54) is 0 Å². The van der Waals surface area contributed by atoms with Crippen LogP contribution in [0.2, 0.25) is 0 Å². The van der Waals surface area contributed by atoms with Crippen molar-refractivity contribution >= 4 is 11.7 Å². The van der Waals surface area contributed by atoms with Crippen LogP contribution in [0.5, 0.6) is 0 Å². The second-order valence-electron chi connectivity index (χ2n) is 5.33. The van der Waals surface area contributed by atoms with Gasteiger partial charge in [-0.3, -0.25) is 4.79 Å². The summed E-state index contributed by atoms with van der Waals surface area (Å²) >= 11 is 0. The molecule has 0 fully saturated rings. The number of nitrogens with zero attached hydrogens (tertiary/aromatic N) is 1. The minimum Gasteiger partial charge on any atom is -0.387 e. The monoisotopic (exact) mass is 347 g/mol. The van der Waals surface area contributed by atoms with Gasteiger partial charge in [-0.15, -0.1) is 0 Å². The topological polar surface area (TPSA) is 73.7 Å². The van der Waals surface area contributed by atoms with E-state index in [1.54, 1.807) is 19.2 Å². The number of carbonyl (C=O) groups excluding carboxylic acids is 1. The molecule has 1 aliphatic heterocycles. The molecule has 0 aliphatic carbocycles. The zero-order valence-electron chi connectivity index (χ0n) is 13.9. The Morgan fingerprint density at radius 1 is 1.44 bits per heavy atom. The van der Waals surface area contributed by atoms with Crippen LogP contribution in [-0.2, 0) is 4.79 Å². The molecule has 0 spiro atoms. The lowest BCUT2D eigenvalue weighted by Gasteiger charge is -2.13. The Kier molecular flexibility index (Phi) is 6.19. The van der Waals surface area contributed by atoms with E-state index >= 15 is 0 Å². The average molecular weight is 347 g/mol. The summed E-state index contributed by atoms with van der Waals surface area (Å²) in [6.07, 6.45) is 5.60. The first kappa shape index (κ1) is 18.5. The number of aliphatic hydroxyl groups is 1. The van der Waals surface area contributed by atoms with Gasteiger partial charge < -0.3 is 15.7 Å². The Labute approximate surface area is 144 Å². The van der Waals surface area contributed by atoms with Gasteiger partial charge in [0.25, 0.3) is 5.91 Å². The summed E-state index contributed by atoms with van der Waals surface area (Å²) in [5.74, 6) is -2.38. The molecule has 5 nitrogen and oxygen atoms in total. The second-order valence-corrected chi connectivity index (χ2v) is 5.33. The lowest BCUT2D eigenvalue weighted by molar-refractivity contribution is -0.128. The van der Waals surface area contributed by atoms with E-state index in [4.69, 9.17) is 0 Å². The van der Waals surface area contributed by atoms with Crippen molar-refractivity contribution in [2.45, 2.75) is 20.0 Å². The number of hydrogen-bond acceptors (Lipinski definition) is 4. The van der Waals surface area contributed by atoms with Gasteiger partial charge in [0.1, 0.15) is 17.5 Å². The van der Waals surface area contributed by atoms with Crippen LogP contribution in [-0.4, -0.2) is 23.4 Å². The smallest absolute Gasteiger partial charge is 0.258 e. The van der Waals surface area contributed by atoms with Crippen LogP contribution in [0.15, 0.2) is 58.9 Å². The maximum Gasteiger partial charge on any atom is 0.258 e. The number of hydrogen-bond donors (Lipinski definition) is 3. The maximum absolute atomic E-state index is 13.7. The molecule has 0 radical (unpaired) electrons. The van der Waals surface area contributed by atoms with Gasteiger partial charge in [-0.05, 0) is 37.8 Å². The molecule has 1 unspecified atom stereocenters. The molecule has 1 aromatic rings. The molecule has 2 rings (SSSR count). The van der Waals surface area contributed by atoms with Crippen molar-refractivity contribution in [2.75, 3.05) is 6.54 Å². The lowest BCUT2D eigenvalue weighted by atomic mass is 10.1. The molecule has 0 bridgehead atoms. The molecule has 0 aromatic heterocycles. The highest BCUT2D eigenvalue weighted by atomic mass is 19.1. The SMILES string of the molecule is C/C=C(\N=C(C)NC(=O)C(O)c1ccc(F)cc1F)C1=CCNC=C1. The highest BCUT2D eigenvalue weighted by molar-refractivity contribution is 5.99. The number of dihydropyridines is 1. The summed E-state index contributed by atoms with van der Waals surface area (Å²) in [4.78, 5) is 16.4. The number of allylic oxidation sites excluding steroid dienone is 2. The molecule has 132 valence electrons. The first-order chi connectivity index (χ1) is 11.9. The Balaban J connectivity index is 2.10. The number of aliphatic hydroxyl groups excluding tert-OH is 1. The standard InChI is InChI=1S/C18H19F2N3O2/c1-3-16(12-6-8-21-9-7-12)22-11(2)23-18(25)17(24)14-5-4-13(19)10-15(14)20/h3-8,10,17,21,24H,9H2,1-2H3,(H,22,23,25)/b16-3-. The number of aliphatic imine (C=N–C) groups is 1. The molecule has 1 heterocycles. The van der Waals surface area contributed by atoms with Crippen LogP contribution in [0.3, 0.4) is 0 Å². The zero-order valence-corrected chi connectivity index (χ0v) is 13.9. The highest BCUT2D eigenvalue weighted by Crippen LogP contribution is 2.19. The van der Waals surface area contributed by atoms with Crippen molar-refractivity contribution in [2.24, 2.45) is 4.99 Å². The van der Waals surface area contributed by atoms with Crippen LogP contribution in [0.4, 0.5) is 8.78 Å². The van der Waals surface area contributed by atoms with Gasteiger partial charge in [-0.1, -0.05) is 18.2 Å². The van der Waals surface area contributed by atoms with Crippen LogP contribution in [0.25, 0.3) is 0 Å². The Hall–Kier alpha value is -2.80. The number of halogens is 2. The van der Waals surface area contributed by atoms with Crippen LogP contribution < -0.4 is 10.6 Å². The molecule has 1 aliphatic rings. The molecule has 0 saturated carbocycles. The summed E-state index contributed by atoms with van der Waals surface area (Å²) in [6, 6.07) is 2.62. The third-order valence-corrected chi connectivity index (χ3v) is 3.49. The van der Waals surface area contributed by atoms with Gasteiger partial charge >= 0.3 is 0 Å². The number of rotatable bonds is 4. The van der Waals surface area contributed by atoms with Crippen molar-refractivity contribution in [3.8, 4) is 0 Å². The summed E-state index contributed by atoms with van der Waals surface area (Å²) in [5.41, 5.74) is 1.24. The van der Waals surface area contributed by atoms with E-state index in [1.807, 2.05) is 19.1 Å². The molecular formula is C18H19F2N3O2. The molecular weight excluding hydrogens is 328 g/mol. The van der Waals surface area contributed by atoms with Crippen molar-refractivity contribution in [1.82, 2.24) is 10.6 Å². The van der Waals surface area contributed by atoms with Crippen LogP contribution >= 0.6 is 0 Å². The lowest BCUT2D eigenvalue weighted by Crippen LogP contribution is -2.33. The van der Waals surface area contributed by atoms with E-state index in [9.17, 15) is 18.7 Å². The summed E-state index contributed by atoms with van der Waals surface area (Å²) in [6.45, 7) is 4.04. The van der Waals surface area contributed by atoms with Crippen LogP contribution in [0, 0.1) is 11.6 Å². The van der Waals surface area contributed by atoms with Gasteiger partial charge in [0.05, 0.1) is 5.70 Å². The van der Waals surface area contributed by atoms with Gasteiger partial charge in [-0.25, -0.2) is 13.8 Å². The van der Waals surface area contributed by atoms with E-state index in [-0.39, 0.29) is 11.4 Å². The third kappa shape index (κ3) is 4.84. The molecule has 1 aromatic carbocycles.